The van der Waals surface area contributed by atoms with Crippen LogP contribution in [0.25, 0.3) is 0 Å². The van der Waals surface area contributed by atoms with Gasteiger partial charge in [-0.2, -0.15) is 0 Å². The van der Waals surface area contributed by atoms with E-state index in [1.165, 1.54) is 24.8 Å². The van der Waals surface area contributed by atoms with Crippen molar-refractivity contribution in [2.75, 3.05) is 0 Å². The van der Waals surface area contributed by atoms with Gasteiger partial charge in [0.25, 0.3) is 0 Å². The average molecular weight is 431 g/mol. The molecule has 0 saturated heterocycles. The molecule has 4 rings (SSSR count). The Labute approximate surface area is 190 Å². The zero-order chi connectivity index (χ0) is 22.8. The van der Waals surface area contributed by atoms with E-state index in [4.69, 9.17) is 0 Å². The summed E-state index contributed by atoms with van der Waals surface area (Å²) >= 11 is 0. The van der Waals surface area contributed by atoms with Crippen molar-refractivity contribution in [2.45, 2.75) is 104 Å². The van der Waals surface area contributed by atoms with Gasteiger partial charge in [0.15, 0.2) is 0 Å². The Bertz CT molecular complexity index is 741. The largest absolute Gasteiger partial charge is 0.393 e. The van der Waals surface area contributed by atoms with Crippen LogP contribution in [-0.2, 0) is 0 Å². The molecule has 0 heterocycles. The second kappa shape index (κ2) is 7.99. The summed E-state index contributed by atoms with van der Waals surface area (Å²) < 4.78 is 0. The Morgan fingerprint density at radius 2 is 1.65 bits per heavy atom. The number of allylic oxidation sites excluding steroid dienone is 3. The molecule has 3 fully saturated rings. The Kier molecular flexibility index (Phi) is 6.06. The van der Waals surface area contributed by atoms with Crippen LogP contribution in [0.5, 0.6) is 0 Å². The van der Waals surface area contributed by atoms with E-state index in [1.54, 1.807) is 0 Å². The SMILES string of the molecule is CC(C)[C@H](C)/C=C\[C@@H](C)[C@H]1CC[C@H]2C3=C[C@@H](O)[C@@]4(O)C[C@@H](O)CC[C@]4(C)[C@H]3CC[C@]12C. The van der Waals surface area contributed by atoms with E-state index in [2.05, 4.69) is 53.7 Å². The van der Waals surface area contributed by atoms with Crippen molar-refractivity contribution in [3.63, 3.8) is 0 Å². The van der Waals surface area contributed by atoms with E-state index < -0.39 is 17.8 Å². The molecule has 0 aromatic heterocycles. The highest BCUT2D eigenvalue weighted by atomic mass is 16.3. The molecule has 0 unspecified atom stereocenters. The first-order valence-corrected chi connectivity index (χ1v) is 12.9. The molecule has 3 nitrogen and oxygen atoms in total. The van der Waals surface area contributed by atoms with Gasteiger partial charge in [-0.05, 0) is 79.4 Å². The number of hydrogen-bond acceptors (Lipinski definition) is 3. The predicted octanol–water partition coefficient (Wildman–Crippen LogP) is 5.50. The summed E-state index contributed by atoms with van der Waals surface area (Å²) in [7, 11) is 0. The van der Waals surface area contributed by atoms with Crippen molar-refractivity contribution in [1.29, 1.82) is 0 Å². The molecule has 0 spiro atoms. The van der Waals surface area contributed by atoms with Gasteiger partial charge in [-0.25, -0.2) is 0 Å². The maximum atomic E-state index is 11.6. The molecule has 0 amide bonds. The van der Waals surface area contributed by atoms with Crippen molar-refractivity contribution in [2.24, 2.45) is 46.3 Å². The Morgan fingerprint density at radius 1 is 0.935 bits per heavy atom. The van der Waals surface area contributed by atoms with Gasteiger partial charge in [0.05, 0.1) is 6.10 Å². The molecule has 0 aromatic carbocycles. The molecule has 0 bridgehead atoms. The van der Waals surface area contributed by atoms with Crippen LogP contribution >= 0.6 is 0 Å². The van der Waals surface area contributed by atoms with Gasteiger partial charge in [-0.1, -0.05) is 65.3 Å². The minimum Gasteiger partial charge on any atom is -0.393 e. The first kappa shape index (κ1) is 23.5. The molecule has 3 heteroatoms. The Balaban J connectivity index is 1.61. The maximum Gasteiger partial charge on any atom is 0.102 e. The highest BCUT2D eigenvalue weighted by Crippen LogP contribution is 2.67. The zero-order valence-electron chi connectivity index (χ0n) is 20.6. The van der Waals surface area contributed by atoms with Crippen molar-refractivity contribution in [1.82, 2.24) is 0 Å². The summed E-state index contributed by atoms with van der Waals surface area (Å²) in [6.07, 6.45) is 12.1. The van der Waals surface area contributed by atoms with Crippen LogP contribution in [0.4, 0.5) is 0 Å². The third-order valence-electron chi connectivity index (χ3n) is 10.7. The molecule has 0 aromatic rings. The van der Waals surface area contributed by atoms with Gasteiger partial charge in [-0.3, -0.25) is 0 Å². The van der Waals surface area contributed by atoms with Crippen LogP contribution < -0.4 is 0 Å². The third-order valence-corrected chi connectivity index (χ3v) is 10.7. The third kappa shape index (κ3) is 3.49. The summed E-state index contributed by atoms with van der Waals surface area (Å²) in [6, 6.07) is 0. The smallest absolute Gasteiger partial charge is 0.102 e. The summed E-state index contributed by atoms with van der Waals surface area (Å²) in [5.41, 5.74) is 0.160. The predicted molar refractivity (Wildman–Crippen MR) is 126 cm³/mol. The van der Waals surface area contributed by atoms with E-state index in [-0.39, 0.29) is 10.8 Å². The van der Waals surface area contributed by atoms with E-state index in [9.17, 15) is 15.3 Å². The molecule has 0 aliphatic heterocycles. The van der Waals surface area contributed by atoms with Crippen molar-refractivity contribution < 1.29 is 15.3 Å². The van der Waals surface area contributed by atoms with Crippen LogP contribution in [0.2, 0.25) is 0 Å². The first-order chi connectivity index (χ1) is 14.4. The van der Waals surface area contributed by atoms with Crippen molar-refractivity contribution in [3.05, 3.63) is 23.8 Å². The second-order valence-electron chi connectivity index (χ2n) is 12.5. The molecule has 10 atom stereocenters. The molecular weight excluding hydrogens is 384 g/mol. The molecule has 31 heavy (non-hydrogen) atoms. The standard InChI is InChI=1S/C28H46O3/c1-17(2)18(3)7-8-19(4)22-9-10-23-21-15-25(30)28(31)16-20(29)11-14-27(28,6)24(21)12-13-26(22,23)5/h7-8,15,17-20,22-25,29-31H,9-14,16H2,1-6H3/b8-7-/t18-,19-,20+,22-,23+,24+,25-,26-,27-,28+/m1/s1. The van der Waals surface area contributed by atoms with Crippen LogP contribution in [-0.4, -0.2) is 33.1 Å². The number of aliphatic hydroxyl groups excluding tert-OH is 2. The summed E-state index contributed by atoms with van der Waals surface area (Å²) in [4.78, 5) is 0. The van der Waals surface area contributed by atoms with E-state index in [0.29, 0.717) is 41.9 Å². The summed E-state index contributed by atoms with van der Waals surface area (Å²) in [5, 5.41) is 32.9. The number of aliphatic hydroxyl groups is 3. The molecule has 176 valence electrons. The van der Waals surface area contributed by atoms with Crippen LogP contribution in [0, 0.1) is 46.3 Å². The normalized spacial score (nSPS) is 49.4. The maximum absolute atomic E-state index is 11.6. The lowest BCUT2D eigenvalue weighted by atomic mass is 9.45. The van der Waals surface area contributed by atoms with Crippen LogP contribution in [0.3, 0.4) is 0 Å². The lowest BCUT2D eigenvalue weighted by Crippen LogP contribution is -2.65. The van der Waals surface area contributed by atoms with Gasteiger partial charge in [0.1, 0.15) is 11.7 Å². The van der Waals surface area contributed by atoms with Crippen LogP contribution in [0.1, 0.15) is 86.5 Å². The molecule has 3 saturated carbocycles. The number of hydrogen-bond donors (Lipinski definition) is 3. The summed E-state index contributed by atoms with van der Waals surface area (Å²) in [6.45, 7) is 14.0. The lowest BCUT2D eigenvalue weighted by molar-refractivity contribution is -0.210. The van der Waals surface area contributed by atoms with E-state index >= 15 is 0 Å². The number of fused-ring (bicyclic) bond motifs is 5. The minimum atomic E-state index is -1.20. The first-order valence-electron chi connectivity index (χ1n) is 12.9. The van der Waals surface area contributed by atoms with Crippen LogP contribution in [0.15, 0.2) is 23.8 Å². The van der Waals surface area contributed by atoms with Gasteiger partial charge in [-0.15, -0.1) is 0 Å². The zero-order valence-corrected chi connectivity index (χ0v) is 20.6. The average Bonchev–Trinajstić information content (AvgIpc) is 3.05. The number of rotatable bonds is 4. The molecule has 4 aliphatic rings. The fraction of sp³-hybridized carbons (Fsp3) is 0.857. The topological polar surface area (TPSA) is 60.7 Å². The fourth-order valence-corrected chi connectivity index (χ4v) is 8.16. The van der Waals surface area contributed by atoms with Gasteiger partial charge in [0.2, 0.25) is 0 Å². The Hall–Kier alpha value is -0.640. The highest BCUT2D eigenvalue weighted by Gasteiger charge is 2.64. The van der Waals surface area contributed by atoms with Gasteiger partial charge in [0, 0.05) is 11.8 Å². The van der Waals surface area contributed by atoms with Gasteiger partial charge >= 0.3 is 0 Å². The molecule has 4 aliphatic carbocycles. The molecule has 0 radical (unpaired) electrons. The van der Waals surface area contributed by atoms with Crippen molar-refractivity contribution in [3.8, 4) is 0 Å². The molecular formula is C28H46O3. The monoisotopic (exact) mass is 430 g/mol. The quantitative estimate of drug-likeness (QED) is 0.516. The molecule has 3 N–H and O–H groups in total. The van der Waals surface area contributed by atoms with Crippen molar-refractivity contribution >= 4 is 0 Å². The second-order valence-corrected chi connectivity index (χ2v) is 12.5. The lowest BCUT2D eigenvalue weighted by Gasteiger charge is -2.62. The van der Waals surface area contributed by atoms with E-state index in [0.717, 1.165) is 19.3 Å². The minimum absolute atomic E-state index is 0.271. The van der Waals surface area contributed by atoms with E-state index in [1.807, 2.05) is 6.08 Å². The summed E-state index contributed by atoms with van der Waals surface area (Å²) in [5.74, 6) is 3.37. The Morgan fingerprint density at radius 3 is 2.32 bits per heavy atom. The fourth-order valence-electron chi connectivity index (χ4n) is 8.16. The highest BCUT2D eigenvalue weighted by molar-refractivity contribution is 5.33. The van der Waals surface area contributed by atoms with Gasteiger partial charge < -0.3 is 15.3 Å².